The number of furan rings is 1. The largest absolute Gasteiger partial charge is 0.462 e. The van der Waals surface area contributed by atoms with Gasteiger partial charge in [-0.15, -0.1) is 11.3 Å². The van der Waals surface area contributed by atoms with Gasteiger partial charge in [-0.25, -0.2) is 4.98 Å². The Balaban J connectivity index is 1.41. The second-order valence-electron chi connectivity index (χ2n) is 7.29. The highest BCUT2D eigenvalue weighted by molar-refractivity contribution is 7.17. The van der Waals surface area contributed by atoms with Crippen molar-refractivity contribution in [2.45, 2.75) is 12.5 Å². The first-order valence-corrected chi connectivity index (χ1v) is 10.8. The maximum Gasteiger partial charge on any atom is 0.266 e. The van der Waals surface area contributed by atoms with Gasteiger partial charge in [-0.05, 0) is 30.7 Å². The van der Waals surface area contributed by atoms with Gasteiger partial charge in [0, 0.05) is 30.4 Å². The summed E-state index contributed by atoms with van der Waals surface area (Å²) in [6.07, 6.45) is 2.55. The van der Waals surface area contributed by atoms with Gasteiger partial charge in [0.2, 0.25) is 0 Å². The van der Waals surface area contributed by atoms with Crippen LogP contribution in [0.3, 0.4) is 0 Å². The molecule has 2 aromatic carbocycles. The summed E-state index contributed by atoms with van der Waals surface area (Å²) in [6.45, 7) is 1.40. The van der Waals surface area contributed by atoms with Gasteiger partial charge in [-0.3, -0.25) is 4.79 Å². The summed E-state index contributed by atoms with van der Waals surface area (Å²) in [4.78, 5) is 20.8. The van der Waals surface area contributed by atoms with Gasteiger partial charge in [0.15, 0.2) is 10.8 Å². The van der Waals surface area contributed by atoms with Gasteiger partial charge in [0.25, 0.3) is 5.91 Å². The molecule has 3 heterocycles. The summed E-state index contributed by atoms with van der Waals surface area (Å²) in [5.74, 6) is 0.711. The summed E-state index contributed by atoms with van der Waals surface area (Å²) in [5.41, 5.74) is 2.74. The number of likely N-dealkylation sites (tertiary alicyclic amines) is 1. The van der Waals surface area contributed by atoms with Gasteiger partial charge >= 0.3 is 0 Å². The summed E-state index contributed by atoms with van der Waals surface area (Å²) < 4.78 is 5.53. The molecule has 1 unspecified atom stereocenters. The Hall–Kier alpha value is -3.38. The minimum Gasteiger partial charge on any atom is -0.462 e. The summed E-state index contributed by atoms with van der Waals surface area (Å²) in [6, 6.07) is 23.9. The van der Waals surface area contributed by atoms with E-state index in [0.717, 1.165) is 34.9 Å². The molecular formula is C24H21N3O2S. The quantitative estimate of drug-likeness (QED) is 0.474. The van der Waals surface area contributed by atoms with Crippen LogP contribution in [0.4, 0.5) is 5.69 Å². The number of carbonyl (C=O) groups is 1. The molecule has 1 N–H and O–H groups in total. The number of thiazole rings is 1. The van der Waals surface area contributed by atoms with Gasteiger partial charge < -0.3 is 14.6 Å². The maximum absolute atomic E-state index is 13.5. The monoisotopic (exact) mass is 415 g/mol. The molecule has 1 amide bonds. The second kappa shape index (κ2) is 8.16. The normalized spacial score (nSPS) is 16.0. The van der Waals surface area contributed by atoms with E-state index >= 15 is 0 Å². The summed E-state index contributed by atoms with van der Waals surface area (Å²) in [5, 5.41) is 4.25. The van der Waals surface area contributed by atoms with Crippen molar-refractivity contribution in [2.24, 2.45) is 0 Å². The van der Waals surface area contributed by atoms with Crippen LogP contribution < -0.4 is 5.32 Å². The number of nitrogens with zero attached hydrogens (tertiary/aromatic N) is 2. The third kappa shape index (κ3) is 3.74. The van der Waals surface area contributed by atoms with Crippen molar-refractivity contribution >= 4 is 22.9 Å². The highest BCUT2D eigenvalue weighted by Gasteiger charge is 2.31. The number of anilines is 1. The Labute approximate surface area is 179 Å². The van der Waals surface area contributed by atoms with Gasteiger partial charge in [0.05, 0.1) is 12.0 Å². The lowest BCUT2D eigenvalue weighted by atomic mass is 10.1. The topological polar surface area (TPSA) is 58.4 Å². The van der Waals surface area contributed by atoms with Crippen LogP contribution in [0.5, 0.6) is 0 Å². The number of para-hydroxylation sites is 1. The number of aromatic nitrogens is 1. The fourth-order valence-corrected chi connectivity index (χ4v) is 4.76. The highest BCUT2D eigenvalue weighted by Crippen LogP contribution is 2.35. The number of benzene rings is 2. The van der Waals surface area contributed by atoms with Crippen LogP contribution in [0.15, 0.2) is 83.5 Å². The standard InChI is InChI=1S/C24H21N3O2S/c28-24(27-14-13-19(16-27)25-18-10-5-2-6-11-18)22-21(17-8-3-1-4-9-17)26-23(30-22)20-12-7-15-29-20/h1-12,15,19,25H,13-14,16H2. The van der Waals surface area contributed by atoms with E-state index < -0.39 is 0 Å². The van der Waals surface area contributed by atoms with Crippen molar-refractivity contribution in [3.05, 3.63) is 83.9 Å². The zero-order valence-electron chi connectivity index (χ0n) is 16.3. The molecule has 0 saturated carbocycles. The molecule has 2 aromatic heterocycles. The van der Waals surface area contributed by atoms with Crippen molar-refractivity contribution in [1.29, 1.82) is 0 Å². The predicted molar refractivity (Wildman–Crippen MR) is 120 cm³/mol. The highest BCUT2D eigenvalue weighted by atomic mass is 32.1. The zero-order chi connectivity index (χ0) is 20.3. The minimum atomic E-state index is 0.0292. The number of rotatable bonds is 5. The van der Waals surface area contributed by atoms with Crippen molar-refractivity contribution < 1.29 is 9.21 Å². The van der Waals surface area contributed by atoms with Crippen LogP contribution in [-0.4, -0.2) is 34.9 Å². The Morgan fingerprint density at radius 1 is 1.03 bits per heavy atom. The molecule has 1 aliphatic heterocycles. The van der Waals surface area contributed by atoms with Gasteiger partial charge in [-0.2, -0.15) is 0 Å². The molecule has 5 rings (SSSR count). The van der Waals surface area contributed by atoms with E-state index in [1.807, 2.05) is 65.6 Å². The fraction of sp³-hybridized carbons (Fsp3) is 0.167. The number of hydrogen-bond acceptors (Lipinski definition) is 5. The molecule has 0 spiro atoms. The summed E-state index contributed by atoms with van der Waals surface area (Å²) >= 11 is 1.40. The van der Waals surface area contributed by atoms with E-state index in [4.69, 9.17) is 9.40 Å². The second-order valence-corrected chi connectivity index (χ2v) is 8.29. The van der Waals surface area contributed by atoms with Gasteiger partial charge in [-0.1, -0.05) is 48.5 Å². The fourth-order valence-electron chi connectivity index (χ4n) is 3.74. The van der Waals surface area contributed by atoms with Crippen LogP contribution >= 0.6 is 11.3 Å². The number of hydrogen-bond donors (Lipinski definition) is 1. The third-order valence-electron chi connectivity index (χ3n) is 5.22. The minimum absolute atomic E-state index is 0.0292. The van der Waals surface area contributed by atoms with Crippen LogP contribution in [-0.2, 0) is 0 Å². The van der Waals surface area contributed by atoms with Crippen molar-refractivity contribution in [3.8, 4) is 22.0 Å². The molecule has 4 aromatic rings. The summed E-state index contributed by atoms with van der Waals surface area (Å²) in [7, 11) is 0. The number of amides is 1. The molecule has 1 aliphatic rings. The molecule has 30 heavy (non-hydrogen) atoms. The lowest BCUT2D eigenvalue weighted by Crippen LogP contribution is -2.31. The lowest BCUT2D eigenvalue weighted by molar-refractivity contribution is 0.0797. The molecule has 0 radical (unpaired) electrons. The Kier molecular flexibility index (Phi) is 5.07. The number of carbonyl (C=O) groups excluding carboxylic acids is 1. The molecule has 1 fully saturated rings. The van der Waals surface area contributed by atoms with Crippen molar-refractivity contribution in [1.82, 2.24) is 9.88 Å². The van der Waals surface area contributed by atoms with E-state index in [9.17, 15) is 4.79 Å². The lowest BCUT2D eigenvalue weighted by Gasteiger charge is -2.17. The van der Waals surface area contributed by atoms with E-state index in [1.54, 1.807) is 6.26 Å². The molecule has 6 heteroatoms. The zero-order valence-corrected chi connectivity index (χ0v) is 17.1. The molecule has 5 nitrogen and oxygen atoms in total. The van der Waals surface area contributed by atoms with Crippen LogP contribution in [0.2, 0.25) is 0 Å². The smallest absolute Gasteiger partial charge is 0.266 e. The average molecular weight is 416 g/mol. The maximum atomic E-state index is 13.5. The van der Waals surface area contributed by atoms with Crippen LogP contribution in [0.25, 0.3) is 22.0 Å². The van der Waals surface area contributed by atoms with Crippen molar-refractivity contribution in [2.75, 3.05) is 18.4 Å². The van der Waals surface area contributed by atoms with Crippen LogP contribution in [0, 0.1) is 0 Å². The van der Waals surface area contributed by atoms with Crippen LogP contribution in [0.1, 0.15) is 16.1 Å². The Morgan fingerprint density at radius 3 is 2.53 bits per heavy atom. The van der Waals surface area contributed by atoms with E-state index in [1.165, 1.54) is 11.3 Å². The van der Waals surface area contributed by atoms with E-state index in [2.05, 4.69) is 17.4 Å². The average Bonchev–Trinajstić information content (AvgIpc) is 3.55. The SMILES string of the molecule is O=C(c1sc(-c2ccco2)nc1-c1ccccc1)N1CCC(Nc2ccccc2)C1. The van der Waals surface area contributed by atoms with Crippen molar-refractivity contribution in [3.63, 3.8) is 0 Å². The van der Waals surface area contributed by atoms with E-state index in [-0.39, 0.29) is 11.9 Å². The molecule has 0 bridgehead atoms. The van der Waals surface area contributed by atoms with E-state index in [0.29, 0.717) is 17.2 Å². The Morgan fingerprint density at radius 2 is 1.80 bits per heavy atom. The molecular weight excluding hydrogens is 394 g/mol. The molecule has 1 saturated heterocycles. The Bertz CT molecular complexity index is 1120. The molecule has 0 aliphatic carbocycles. The van der Waals surface area contributed by atoms with Gasteiger partial charge in [0.1, 0.15) is 4.88 Å². The molecule has 1 atom stereocenters. The predicted octanol–water partition coefficient (Wildman–Crippen LogP) is 5.40. The first kappa shape index (κ1) is 18.6. The number of nitrogens with one attached hydrogen (secondary N) is 1. The first-order valence-electron chi connectivity index (χ1n) is 9.99. The molecule has 150 valence electrons. The third-order valence-corrected chi connectivity index (χ3v) is 6.28. The first-order chi connectivity index (χ1) is 14.8.